The minimum absolute atomic E-state index is 0.175. The van der Waals surface area contributed by atoms with E-state index in [1.165, 1.54) is 12.1 Å². The summed E-state index contributed by atoms with van der Waals surface area (Å²) in [5, 5.41) is 8.92. The first kappa shape index (κ1) is 12.5. The van der Waals surface area contributed by atoms with Gasteiger partial charge in [-0.1, -0.05) is 0 Å². The molecule has 5 nitrogen and oxygen atoms in total. The Morgan fingerprint density at radius 2 is 2.22 bits per heavy atom. The highest BCUT2D eigenvalue weighted by Crippen LogP contribution is 2.18. The number of carboxylic acid groups (broad SMARTS) is 1. The molecule has 0 fully saturated rings. The van der Waals surface area contributed by atoms with Crippen molar-refractivity contribution in [1.82, 2.24) is 14.5 Å². The van der Waals surface area contributed by atoms with E-state index < -0.39 is 5.97 Å². The number of benzene rings is 1. The lowest BCUT2D eigenvalue weighted by atomic mass is 10.3. The summed E-state index contributed by atoms with van der Waals surface area (Å²) in [5.41, 5.74) is 1.11. The van der Waals surface area contributed by atoms with E-state index in [4.69, 9.17) is 5.11 Å². The van der Waals surface area contributed by atoms with E-state index in [1.54, 1.807) is 10.6 Å². The molecule has 0 atom stereocenters. The third-order valence-corrected chi connectivity index (χ3v) is 2.54. The van der Waals surface area contributed by atoms with Gasteiger partial charge in [-0.25, -0.2) is 9.37 Å². The van der Waals surface area contributed by atoms with Crippen LogP contribution in [-0.4, -0.2) is 39.6 Å². The molecule has 6 heteroatoms. The van der Waals surface area contributed by atoms with Crippen LogP contribution in [0.5, 0.6) is 0 Å². The second-order valence-corrected chi connectivity index (χ2v) is 4.38. The van der Waals surface area contributed by atoms with E-state index in [9.17, 15) is 9.18 Å². The van der Waals surface area contributed by atoms with Gasteiger partial charge in [-0.3, -0.25) is 4.79 Å². The largest absolute Gasteiger partial charge is 0.480 e. The Hall–Kier alpha value is -1.95. The summed E-state index contributed by atoms with van der Waals surface area (Å²) in [7, 11) is 3.73. The predicted octanol–water partition coefficient (Wildman–Crippen LogP) is 1.32. The van der Waals surface area contributed by atoms with Gasteiger partial charge in [0.2, 0.25) is 0 Å². The fourth-order valence-corrected chi connectivity index (χ4v) is 1.87. The van der Waals surface area contributed by atoms with Gasteiger partial charge in [0, 0.05) is 6.07 Å². The zero-order valence-electron chi connectivity index (χ0n) is 10.2. The van der Waals surface area contributed by atoms with E-state index in [1.807, 2.05) is 19.0 Å². The number of fused-ring (bicyclic) bond motifs is 1. The van der Waals surface area contributed by atoms with E-state index in [2.05, 4.69) is 4.98 Å². The van der Waals surface area contributed by atoms with Crippen molar-refractivity contribution < 1.29 is 14.3 Å². The summed E-state index contributed by atoms with van der Waals surface area (Å²) in [6.07, 6.45) is 0. The highest BCUT2D eigenvalue weighted by atomic mass is 19.1. The molecule has 1 aromatic heterocycles. The fourth-order valence-electron chi connectivity index (χ4n) is 1.87. The van der Waals surface area contributed by atoms with Crippen LogP contribution in [0.1, 0.15) is 5.82 Å². The third-order valence-electron chi connectivity index (χ3n) is 2.54. The minimum Gasteiger partial charge on any atom is -0.480 e. The van der Waals surface area contributed by atoms with Crippen molar-refractivity contribution in [1.29, 1.82) is 0 Å². The number of aromatic nitrogens is 2. The average molecular weight is 251 g/mol. The first-order valence-corrected chi connectivity index (χ1v) is 5.48. The Labute approximate surface area is 103 Å². The van der Waals surface area contributed by atoms with Crippen LogP contribution >= 0.6 is 0 Å². The van der Waals surface area contributed by atoms with Crippen LogP contribution in [0.15, 0.2) is 18.2 Å². The molecule has 0 aliphatic carbocycles. The highest BCUT2D eigenvalue weighted by Gasteiger charge is 2.14. The number of carbonyl (C=O) groups is 1. The smallest absolute Gasteiger partial charge is 0.323 e. The van der Waals surface area contributed by atoms with Gasteiger partial charge in [0.25, 0.3) is 0 Å². The van der Waals surface area contributed by atoms with Gasteiger partial charge in [0.1, 0.15) is 18.2 Å². The van der Waals surface area contributed by atoms with Crippen molar-refractivity contribution in [2.45, 2.75) is 13.1 Å². The number of hydrogen-bond acceptors (Lipinski definition) is 3. The molecule has 0 bridgehead atoms. The van der Waals surface area contributed by atoms with Crippen molar-refractivity contribution >= 4 is 17.0 Å². The molecule has 0 unspecified atom stereocenters. The summed E-state index contributed by atoms with van der Waals surface area (Å²) in [4.78, 5) is 17.0. The Bertz CT molecular complexity index is 592. The molecule has 18 heavy (non-hydrogen) atoms. The molecule has 0 aliphatic heterocycles. The summed E-state index contributed by atoms with van der Waals surface area (Å²) < 4.78 is 14.7. The molecule has 0 aliphatic rings. The number of aliphatic carboxylic acids is 1. The number of imidazole rings is 1. The average Bonchev–Trinajstić information content (AvgIpc) is 2.54. The van der Waals surface area contributed by atoms with Crippen molar-refractivity contribution in [2.75, 3.05) is 14.1 Å². The van der Waals surface area contributed by atoms with Crippen LogP contribution in [0, 0.1) is 5.82 Å². The number of carboxylic acids is 1. The maximum absolute atomic E-state index is 13.1. The number of rotatable bonds is 4. The standard InChI is InChI=1S/C12H14FN3O2/c1-15(2)6-11-14-9-5-8(13)3-4-10(9)16(11)7-12(17)18/h3-5H,6-7H2,1-2H3,(H,17,18). The molecule has 0 spiro atoms. The normalized spacial score (nSPS) is 11.3. The van der Waals surface area contributed by atoms with Crippen LogP contribution < -0.4 is 0 Å². The second-order valence-electron chi connectivity index (χ2n) is 4.38. The molecule has 0 amide bonds. The molecule has 1 heterocycles. The predicted molar refractivity (Wildman–Crippen MR) is 64.7 cm³/mol. The van der Waals surface area contributed by atoms with Crippen LogP contribution in [0.3, 0.4) is 0 Å². The maximum atomic E-state index is 13.1. The maximum Gasteiger partial charge on any atom is 0.323 e. The first-order chi connectivity index (χ1) is 8.47. The van der Waals surface area contributed by atoms with Crippen molar-refractivity contribution in [3.63, 3.8) is 0 Å². The van der Waals surface area contributed by atoms with Crippen LogP contribution in [-0.2, 0) is 17.9 Å². The molecule has 0 saturated carbocycles. The van der Waals surface area contributed by atoms with Crippen LogP contribution in [0.2, 0.25) is 0 Å². The first-order valence-electron chi connectivity index (χ1n) is 5.48. The highest BCUT2D eigenvalue weighted by molar-refractivity contribution is 5.78. The van der Waals surface area contributed by atoms with Crippen molar-refractivity contribution in [2.24, 2.45) is 0 Å². The molecule has 1 N–H and O–H groups in total. The van der Waals surface area contributed by atoms with Gasteiger partial charge in [-0.15, -0.1) is 0 Å². The summed E-state index contributed by atoms with van der Waals surface area (Å²) in [6.45, 7) is 0.328. The molecular formula is C12H14FN3O2. The third kappa shape index (κ3) is 2.48. The topological polar surface area (TPSA) is 58.4 Å². The SMILES string of the molecule is CN(C)Cc1nc2cc(F)ccc2n1CC(=O)O. The second kappa shape index (κ2) is 4.73. The Balaban J connectivity index is 2.56. The van der Waals surface area contributed by atoms with E-state index in [-0.39, 0.29) is 12.4 Å². The van der Waals surface area contributed by atoms with Crippen molar-refractivity contribution in [3.05, 3.63) is 29.8 Å². The Kier molecular flexibility index (Phi) is 3.29. The van der Waals surface area contributed by atoms with Gasteiger partial charge in [-0.2, -0.15) is 0 Å². The van der Waals surface area contributed by atoms with Crippen LogP contribution in [0.25, 0.3) is 11.0 Å². The Morgan fingerprint density at radius 1 is 1.50 bits per heavy atom. The Morgan fingerprint density at radius 3 is 2.83 bits per heavy atom. The van der Waals surface area contributed by atoms with Gasteiger partial charge in [0.05, 0.1) is 17.6 Å². The summed E-state index contributed by atoms with van der Waals surface area (Å²) in [6, 6.07) is 4.18. The molecule has 2 aromatic rings. The molecule has 96 valence electrons. The lowest BCUT2D eigenvalue weighted by Crippen LogP contribution is -2.18. The molecule has 1 aromatic carbocycles. The zero-order valence-corrected chi connectivity index (χ0v) is 10.2. The molecule has 2 rings (SSSR count). The number of nitrogens with zero attached hydrogens (tertiary/aromatic N) is 3. The lowest BCUT2D eigenvalue weighted by Gasteiger charge is -2.10. The number of hydrogen-bond donors (Lipinski definition) is 1. The molecular weight excluding hydrogens is 237 g/mol. The lowest BCUT2D eigenvalue weighted by molar-refractivity contribution is -0.137. The number of halogens is 1. The van der Waals surface area contributed by atoms with Crippen molar-refractivity contribution in [3.8, 4) is 0 Å². The van der Waals surface area contributed by atoms with E-state index in [0.717, 1.165) is 0 Å². The zero-order chi connectivity index (χ0) is 13.3. The summed E-state index contributed by atoms with van der Waals surface area (Å²) in [5.74, 6) is -0.708. The molecule has 0 saturated heterocycles. The fraction of sp³-hybridized carbons (Fsp3) is 0.333. The van der Waals surface area contributed by atoms with Gasteiger partial charge in [0.15, 0.2) is 0 Å². The van der Waals surface area contributed by atoms with Crippen LogP contribution in [0.4, 0.5) is 4.39 Å². The quantitative estimate of drug-likeness (QED) is 0.890. The van der Waals surface area contributed by atoms with Gasteiger partial charge >= 0.3 is 5.97 Å². The van der Waals surface area contributed by atoms with Gasteiger partial charge < -0.3 is 14.6 Å². The minimum atomic E-state index is -0.946. The molecule has 0 radical (unpaired) electrons. The monoisotopic (exact) mass is 251 g/mol. The van der Waals surface area contributed by atoms with Gasteiger partial charge in [-0.05, 0) is 26.2 Å². The van der Waals surface area contributed by atoms with E-state index >= 15 is 0 Å². The summed E-state index contributed by atoms with van der Waals surface area (Å²) >= 11 is 0. The van der Waals surface area contributed by atoms with E-state index in [0.29, 0.717) is 23.4 Å².